The zero-order valence-corrected chi connectivity index (χ0v) is 14.9. The summed E-state index contributed by atoms with van der Waals surface area (Å²) in [6, 6.07) is 9.07. The zero-order chi connectivity index (χ0) is 18.1. The van der Waals surface area contributed by atoms with Gasteiger partial charge in [-0.3, -0.25) is 14.5 Å². The van der Waals surface area contributed by atoms with Crippen molar-refractivity contribution in [3.05, 3.63) is 62.5 Å². The average Bonchev–Trinajstić information content (AvgIpc) is 2.81. The highest BCUT2D eigenvalue weighted by Crippen LogP contribution is 2.36. The van der Waals surface area contributed by atoms with Gasteiger partial charge in [0.1, 0.15) is 0 Å². The largest absolute Gasteiger partial charge is 0.504 e. The van der Waals surface area contributed by atoms with E-state index in [1.165, 1.54) is 24.3 Å². The van der Waals surface area contributed by atoms with Crippen LogP contribution < -0.4 is 0 Å². The van der Waals surface area contributed by atoms with Crippen LogP contribution in [-0.4, -0.2) is 26.3 Å². The topological polar surface area (TPSA) is 77.8 Å². The molecule has 0 saturated carbocycles. The Morgan fingerprint density at radius 3 is 2.36 bits per heavy atom. The smallest absolute Gasteiger partial charge is 0.293 e. The van der Waals surface area contributed by atoms with E-state index in [1.54, 1.807) is 18.2 Å². The van der Waals surface area contributed by atoms with E-state index in [0.717, 1.165) is 16.7 Å². The number of nitrogens with zero attached hydrogens (tertiary/aromatic N) is 1. The lowest BCUT2D eigenvalue weighted by molar-refractivity contribution is -0.123. The normalized spacial score (nSPS) is 16.1. The van der Waals surface area contributed by atoms with E-state index in [1.807, 2.05) is 0 Å². The van der Waals surface area contributed by atoms with Crippen LogP contribution in [0.2, 0.25) is 10.0 Å². The van der Waals surface area contributed by atoms with Crippen LogP contribution in [0.1, 0.15) is 11.1 Å². The minimum Gasteiger partial charge on any atom is -0.504 e. The van der Waals surface area contributed by atoms with Crippen molar-refractivity contribution in [1.29, 1.82) is 0 Å². The zero-order valence-electron chi connectivity index (χ0n) is 12.6. The predicted octanol–water partition coefficient (Wildman–Crippen LogP) is 4.64. The number of imide groups is 1. The fraction of sp³-hybridized carbons (Fsp3) is 0.0588. The number of rotatable bonds is 3. The molecular weight excluding hydrogens is 385 g/mol. The Labute approximate surface area is 157 Å². The highest BCUT2D eigenvalue weighted by Gasteiger charge is 2.35. The first kappa shape index (κ1) is 17.7. The van der Waals surface area contributed by atoms with E-state index >= 15 is 0 Å². The van der Waals surface area contributed by atoms with Gasteiger partial charge in [-0.25, -0.2) is 0 Å². The van der Waals surface area contributed by atoms with Crippen LogP contribution in [-0.2, 0) is 11.3 Å². The molecule has 128 valence electrons. The fourth-order valence-corrected chi connectivity index (χ4v) is 3.61. The molecule has 8 heteroatoms. The number of halogens is 2. The lowest BCUT2D eigenvalue weighted by atomic mass is 10.1. The highest BCUT2D eigenvalue weighted by molar-refractivity contribution is 8.18. The van der Waals surface area contributed by atoms with Crippen molar-refractivity contribution in [2.24, 2.45) is 0 Å². The van der Waals surface area contributed by atoms with Gasteiger partial charge in [-0.2, -0.15) is 0 Å². The maximum atomic E-state index is 12.5. The summed E-state index contributed by atoms with van der Waals surface area (Å²) in [6.45, 7) is -0.0264. The first-order valence-corrected chi connectivity index (χ1v) is 8.64. The molecule has 1 aliphatic heterocycles. The molecular formula is C17H11Cl2NO4S. The Balaban J connectivity index is 1.87. The Morgan fingerprint density at radius 1 is 1.04 bits per heavy atom. The number of carbonyl (C=O) groups excluding carboxylic acids is 2. The molecule has 2 aromatic carbocycles. The van der Waals surface area contributed by atoms with Crippen LogP contribution in [0.3, 0.4) is 0 Å². The molecule has 0 aromatic heterocycles. The van der Waals surface area contributed by atoms with Crippen LogP contribution in [0.15, 0.2) is 41.3 Å². The van der Waals surface area contributed by atoms with Gasteiger partial charge in [0, 0.05) is 15.6 Å². The second-order valence-corrected chi connectivity index (χ2v) is 7.02. The summed E-state index contributed by atoms with van der Waals surface area (Å²) >= 11 is 13.0. The third-order valence-electron chi connectivity index (χ3n) is 3.55. The minimum atomic E-state index is -0.474. The van der Waals surface area contributed by atoms with Gasteiger partial charge in [-0.15, -0.1) is 0 Å². The number of benzene rings is 2. The molecule has 0 spiro atoms. The third-order valence-corrected chi connectivity index (χ3v) is 5.16. The van der Waals surface area contributed by atoms with E-state index in [-0.39, 0.29) is 22.9 Å². The number of hydrogen-bond donors (Lipinski definition) is 2. The molecule has 0 radical (unpaired) electrons. The van der Waals surface area contributed by atoms with E-state index in [2.05, 4.69) is 0 Å². The minimum absolute atomic E-state index is 0.0264. The molecule has 5 nitrogen and oxygen atoms in total. The first-order chi connectivity index (χ1) is 11.9. The van der Waals surface area contributed by atoms with Gasteiger partial charge in [0.15, 0.2) is 11.5 Å². The summed E-state index contributed by atoms with van der Waals surface area (Å²) in [5.41, 5.74) is 0.980. The number of carbonyl (C=O) groups is 2. The average molecular weight is 396 g/mol. The van der Waals surface area contributed by atoms with Gasteiger partial charge in [-0.1, -0.05) is 35.3 Å². The lowest BCUT2D eigenvalue weighted by Gasteiger charge is -2.14. The van der Waals surface area contributed by atoms with Crippen molar-refractivity contribution < 1.29 is 19.8 Å². The second-order valence-electron chi connectivity index (χ2n) is 5.22. The van der Waals surface area contributed by atoms with Crippen molar-refractivity contribution in [1.82, 2.24) is 4.90 Å². The first-order valence-electron chi connectivity index (χ1n) is 7.07. The SMILES string of the molecule is O=C1S/C(=C/c2ccc(O)c(O)c2)C(=O)N1Cc1c(Cl)cccc1Cl. The number of phenols is 2. The van der Waals surface area contributed by atoms with Crippen molar-refractivity contribution in [3.63, 3.8) is 0 Å². The summed E-state index contributed by atoms with van der Waals surface area (Å²) < 4.78 is 0. The lowest BCUT2D eigenvalue weighted by Crippen LogP contribution is -2.27. The van der Waals surface area contributed by atoms with Crippen LogP contribution in [0.25, 0.3) is 6.08 Å². The van der Waals surface area contributed by atoms with Crippen molar-refractivity contribution in [3.8, 4) is 11.5 Å². The molecule has 1 fully saturated rings. The summed E-state index contributed by atoms with van der Waals surface area (Å²) in [4.78, 5) is 26.0. The molecule has 0 aliphatic carbocycles. The van der Waals surface area contributed by atoms with E-state index in [9.17, 15) is 19.8 Å². The van der Waals surface area contributed by atoms with E-state index in [0.29, 0.717) is 21.2 Å². The highest BCUT2D eigenvalue weighted by atomic mass is 35.5. The number of thioether (sulfide) groups is 1. The maximum Gasteiger partial charge on any atom is 0.293 e. The molecule has 1 heterocycles. The molecule has 0 unspecified atom stereocenters. The molecule has 1 saturated heterocycles. The third kappa shape index (κ3) is 3.61. The van der Waals surface area contributed by atoms with Gasteiger partial charge in [-0.05, 0) is 47.7 Å². The number of phenolic OH excluding ortho intramolecular Hbond substituents is 2. The van der Waals surface area contributed by atoms with Crippen molar-refractivity contribution >= 4 is 52.2 Å². The molecule has 1 aliphatic rings. The van der Waals surface area contributed by atoms with E-state index < -0.39 is 11.1 Å². The molecule has 2 aromatic rings. The van der Waals surface area contributed by atoms with E-state index in [4.69, 9.17) is 23.2 Å². The number of aromatic hydroxyl groups is 2. The second kappa shape index (κ2) is 7.00. The monoisotopic (exact) mass is 395 g/mol. The van der Waals surface area contributed by atoms with Crippen LogP contribution in [0.5, 0.6) is 11.5 Å². The Hall–Kier alpha value is -2.15. The van der Waals surface area contributed by atoms with Gasteiger partial charge < -0.3 is 10.2 Å². The standard InChI is InChI=1S/C17H11Cl2NO4S/c18-11-2-1-3-12(19)10(11)8-20-16(23)15(25-17(20)24)7-9-4-5-13(21)14(22)6-9/h1-7,21-22H,8H2/b15-7+. The number of hydrogen-bond acceptors (Lipinski definition) is 5. The predicted molar refractivity (Wildman–Crippen MR) is 97.7 cm³/mol. The molecule has 2 N–H and O–H groups in total. The quantitative estimate of drug-likeness (QED) is 0.584. The van der Waals surface area contributed by atoms with Gasteiger partial charge in [0.2, 0.25) is 0 Å². The van der Waals surface area contributed by atoms with Crippen molar-refractivity contribution in [2.75, 3.05) is 0 Å². The molecule has 3 rings (SSSR count). The van der Waals surface area contributed by atoms with Crippen LogP contribution in [0.4, 0.5) is 4.79 Å². The molecule has 0 atom stereocenters. The number of amides is 2. The van der Waals surface area contributed by atoms with Crippen molar-refractivity contribution in [2.45, 2.75) is 6.54 Å². The van der Waals surface area contributed by atoms with Gasteiger partial charge in [0.25, 0.3) is 11.1 Å². The van der Waals surface area contributed by atoms with Crippen LogP contribution in [0, 0.1) is 0 Å². The molecule has 2 amide bonds. The van der Waals surface area contributed by atoms with Gasteiger partial charge in [0.05, 0.1) is 11.4 Å². The molecule has 25 heavy (non-hydrogen) atoms. The Kier molecular flexibility index (Phi) is 4.94. The summed E-state index contributed by atoms with van der Waals surface area (Å²) in [7, 11) is 0. The van der Waals surface area contributed by atoms with Gasteiger partial charge >= 0.3 is 0 Å². The fourth-order valence-electron chi connectivity index (χ4n) is 2.26. The summed E-state index contributed by atoms with van der Waals surface area (Å²) in [5, 5.41) is 19.2. The molecule has 0 bridgehead atoms. The Bertz CT molecular complexity index is 893. The van der Waals surface area contributed by atoms with Crippen LogP contribution >= 0.6 is 35.0 Å². The Morgan fingerprint density at radius 2 is 1.72 bits per heavy atom. The summed E-state index contributed by atoms with van der Waals surface area (Å²) in [5.74, 6) is -1.05. The summed E-state index contributed by atoms with van der Waals surface area (Å²) in [6.07, 6.45) is 1.47. The maximum absolute atomic E-state index is 12.5.